The van der Waals surface area contributed by atoms with E-state index < -0.39 is 62.4 Å². The van der Waals surface area contributed by atoms with Crippen LogP contribution in [0.5, 0.6) is 5.75 Å². The minimum Gasteiger partial charge on any atom is -0.404 e. The minimum atomic E-state index is -8.02. The van der Waals surface area contributed by atoms with Crippen LogP contribution in [0, 0.1) is 0 Å². The van der Waals surface area contributed by atoms with E-state index >= 15 is 0 Å². The van der Waals surface area contributed by atoms with Gasteiger partial charge >= 0.3 is 43.6 Å². The standard InChI is InChI=1S/C14H10F13O4P/c15-9(16,6-7-30-32(28,29)31-8-4-2-1-3-5-8)10(17,18)11(19,20)12(21,22)13(23,24)14(25,26)27/h1-5H,6-7H2,(H,28,29). The highest BCUT2D eigenvalue weighted by molar-refractivity contribution is 7.47. The molecular weight excluding hydrogens is 510 g/mol. The van der Waals surface area contributed by atoms with Gasteiger partial charge < -0.3 is 4.52 Å². The van der Waals surface area contributed by atoms with Crippen molar-refractivity contribution in [3.05, 3.63) is 30.3 Å². The van der Waals surface area contributed by atoms with Crippen molar-refractivity contribution in [3.8, 4) is 5.75 Å². The number of hydrogen-bond acceptors (Lipinski definition) is 3. The molecule has 0 aliphatic carbocycles. The van der Waals surface area contributed by atoms with E-state index in [-0.39, 0.29) is 0 Å². The maximum Gasteiger partial charge on any atom is 0.527 e. The summed E-state index contributed by atoms with van der Waals surface area (Å²) in [4.78, 5) is 9.24. The summed E-state index contributed by atoms with van der Waals surface area (Å²) in [5.74, 6) is -38.1. The number of hydrogen-bond donors (Lipinski definition) is 1. The van der Waals surface area contributed by atoms with Crippen LogP contribution in [0.3, 0.4) is 0 Å². The largest absolute Gasteiger partial charge is 0.527 e. The highest BCUT2D eigenvalue weighted by Gasteiger charge is 2.90. The van der Waals surface area contributed by atoms with Gasteiger partial charge in [-0.15, -0.1) is 0 Å². The highest BCUT2D eigenvalue weighted by atomic mass is 31.2. The van der Waals surface area contributed by atoms with Gasteiger partial charge in [0.2, 0.25) is 0 Å². The van der Waals surface area contributed by atoms with Crippen molar-refractivity contribution < 1.29 is 75.6 Å². The summed E-state index contributed by atoms with van der Waals surface area (Å²) in [7, 11) is -5.36. The zero-order chi connectivity index (χ0) is 25.4. The van der Waals surface area contributed by atoms with E-state index in [1.165, 1.54) is 18.2 Å². The third kappa shape index (κ3) is 5.09. The number of para-hydroxylation sites is 1. The lowest BCUT2D eigenvalue weighted by molar-refractivity contribution is -0.440. The maximum absolute atomic E-state index is 13.5. The fourth-order valence-corrected chi connectivity index (χ4v) is 2.65. The molecule has 0 saturated heterocycles. The molecule has 0 amide bonds. The molecule has 186 valence electrons. The van der Waals surface area contributed by atoms with Crippen LogP contribution in [-0.4, -0.2) is 47.3 Å². The topological polar surface area (TPSA) is 55.8 Å². The predicted molar refractivity (Wildman–Crippen MR) is 78.3 cm³/mol. The molecule has 0 spiro atoms. The fraction of sp³-hybridized carbons (Fsp3) is 0.571. The molecule has 1 atom stereocenters. The first kappa shape index (κ1) is 28.3. The normalized spacial score (nSPS) is 16.6. The van der Waals surface area contributed by atoms with Crippen LogP contribution < -0.4 is 4.52 Å². The summed E-state index contributed by atoms with van der Waals surface area (Å²) in [6, 6.07) is 5.92. The van der Waals surface area contributed by atoms with Crippen molar-refractivity contribution in [2.45, 2.75) is 42.2 Å². The van der Waals surface area contributed by atoms with Crippen molar-refractivity contribution >= 4 is 7.82 Å². The molecular formula is C14H10F13O4P. The second-order valence-corrected chi connectivity index (χ2v) is 7.33. The molecule has 1 aromatic rings. The Kier molecular flexibility index (Phi) is 7.57. The van der Waals surface area contributed by atoms with Crippen molar-refractivity contribution in [1.29, 1.82) is 0 Å². The number of benzene rings is 1. The first-order valence-corrected chi connectivity index (χ1v) is 9.21. The van der Waals surface area contributed by atoms with E-state index in [1.54, 1.807) is 0 Å². The zero-order valence-electron chi connectivity index (χ0n) is 14.8. The van der Waals surface area contributed by atoms with Crippen LogP contribution in [0.4, 0.5) is 57.1 Å². The molecule has 1 rings (SSSR count). The first-order valence-electron chi connectivity index (χ1n) is 7.71. The average molecular weight is 520 g/mol. The third-order valence-electron chi connectivity index (χ3n) is 3.63. The van der Waals surface area contributed by atoms with Crippen LogP contribution in [0.2, 0.25) is 0 Å². The number of alkyl halides is 13. The Bertz CT molecular complexity index is 826. The molecule has 0 heterocycles. The van der Waals surface area contributed by atoms with Gasteiger partial charge in [0.15, 0.2) is 0 Å². The Morgan fingerprint density at radius 2 is 1.16 bits per heavy atom. The molecule has 32 heavy (non-hydrogen) atoms. The molecule has 0 fully saturated rings. The van der Waals surface area contributed by atoms with Crippen LogP contribution in [0.1, 0.15) is 6.42 Å². The number of halogens is 13. The molecule has 18 heteroatoms. The Hall–Kier alpha value is -1.74. The van der Waals surface area contributed by atoms with E-state index in [0.717, 1.165) is 12.1 Å². The summed E-state index contributed by atoms with van der Waals surface area (Å²) in [6.07, 6.45) is -10.3. The molecule has 0 aliphatic heterocycles. The molecule has 0 bridgehead atoms. The summed E-state index contributed by atoms with van der Waals surface area (Å²) in [5.41, 5.74) is 0. The van der Waals surface area contributed by atoms with Gasteiger partial charge in [0.25, 0.3) is 0 Å². The highest BCUT2D eigenvalue weighted by Crippen LogP contribution is 2.60. The van der Waals surface area contributed by atoms with Gasteiger partial charge in [-0.2, -0.15) is 57.1 Å². The zero-order valence-corrected chi connectivity index (χ0v) is 15.7. The van der Waals surface area contributed by atoms with Crippen LogP contribution in [0.15, 0.2) is 30.3 Å². The molecule has 1 aromatic carbocycles. The summed E-state index contributed by atoms with van der Waals surface area (Å²) >= 11 is 0. The van der Waals surface area contributed by atoms with Crippen molar-refractivity contribution in [3.63, 3.8) is 0 Å². The van der Waals surface area contributed by atoms with Gasteiger partial charge in [-0.05, 0) is 12.1 Å². The molecule has 0 aromatic heterocycles. The molecule has 0 radical (unpaired) electrons. The first-order chi connectivity index (χ1) is 14.0. The second-order valence-electron chi connectivity index (χ2n) is 5.96. The Labute approximate surface area is 169 Å². The molecule has 1 unspecified atom stereocenters. The Morgan fingerprint density at radius 1 is 0.719 bits per heavy atom. The quantitative estimate of drug-likeness (QED) is 0.290. The number of rotatable bonds is 10. The van der Waals surface area contributed by atoms with Crippen molar-refractivity contribution in [2.75, 3.05) is 6.61 Å². The van der Waals surface area contributed by atoms with E-state index in [9.17, 15) is 66.5 Å². The van der Waals surface area contributed by atoms with Gasteiger partial charge in [0, 0.05) is 6.42 Å². The van der Waals surface area contributed by atoms with Crippen molar-refractivity contribution in [2.24, 2.45) is 0 Å². The van der Waals surface area contributed by atoms with E-state index in [2.05, 4.69) is 9.05 Å². The number of phosphoric ester groups is 1. The molecule has 4 nitrogen and oxygen atoms in total. The summed E-state index contributed by atoms with van der Waals surface area (Å²) < 4.78 is 188. The Morgan fingerprint density at radius 3 is 1.59 bits per heavy atom. The van der Waals surface area contributed by atoms with E-state index in [4.69, 9.17) is 0 Å². The Balaban J connectivity index is 3.04. The van der Waals surface area contributed by atoms with Crippen LogP contribution in [-0.2, 0) is 9.09 Å². The van der Waals surface area contributed by atoms with Gasteiger partial charge in [-0.3, -0.25) is 9.42 Å². The molecule has 0 saturated carbocycles. The number of phosphoric acid groups is 1. The van der Waals surface area contributed by atoms with Crippen molar-refractivity contribution in [1.82, 2.24) is 0 Å². The molecule has 0 aliphatic rings. The van der Waals surface area contributed by atoms with Crippen LogP contribution >= 0.6 is 7.82 Å². The monoisotopic (exact) mass is 520 g/mol. The lowest BCUT2D eigenvalue weighted by Crippen LogP contribution is -2.70. The van der Waals surface area contributed by atoms with Gasteiger partial charge in [-0.1, -0.05) is 18.2 Å². The lowest BCUT2D eigenvalue weighted by atomic mass is 9.93. The van der Waals surface area contributed by atoms with Crippen LogP contribution in [0.25, 0.3) is 0 Å². The van der Waals surface area contributed by atoms with Gasteiger partial charge in [-0.25, -0.2) is 4.57 Å². The lowest BCUT2D eigenvalue weighted by Gasteiger charge is -2.39. The molecule has 1 N–H and O–H groups in total. The van der Waals surface area contributed by atoms with Gasteiger partial charge in [0.05, 0.1) is 6.61 Å². The van der Waals surface area contributed by atoms with E-state index in [0.29, 0.717) is 0 Å². The predicted octanol–water partition coefficient (Wildman–Crippen LogP) is 6.31. The SMILES string of the molecule is O=P(O)(OCCC(F)(F)C(F)(F)C(F)(F)C(F)(F)C(F)(F)C(F)(F)F)Oc1ccccc1. The maximum atomic E-state index is 13.5. The minimum absolute atomic E-state index is 0.420. The fourth-order valence-electron chi connectivity index (χ4n) is 1.89. The average Bonchev–Trinajstić information content (AvgIpc) is 2.60. The van der Waals surface area contributed by atoms with Gasteiger partial charge in [0.1, 0.15) is 5.75 Å². The van der Waals surface area contributed by atoms with E-state index in [1.807, 2.05) is 0 Å². The smallest absolute Gasteiger partial charge is 0.404 e. The summed E-state index contributed by atoms with van der Waals surface area (Å²) in [5, 5.41) is 0. The second kappa shape index (κ2) is 8.56. The third-order valence-corrected chi connectivity index (χ3v) is 4.58. The summed E-state index contributed by atoms with van der Waals surface area (Å²) in [6.45, 7) is -2.07.